The van der Waals surface area contributed by atoms with Gasteiger partial charge in [-0.25, -0.2) is 9.97 Å². The standard InChI is InChI=1S/C20H19N3O3/c1-25-16-4-6-17(7-5-16)26-13-19(24)23-10-8-18-15(12-23)11-14-3-2-9-21-20(14)22-18/h2-7,9,11H,8,10,12-13H2,1H3. The topological polar surface area (TPSA) is 64.6 Å². The maximum absolute atomic E-state index is 12.5. The largest absolute Gasteiger partial charge is 0.497 e. The zero-order chi connectivity index (χ0) is 17.9. The van der Waals surface area contributed by atoms with E-state index in [1.165, 1.54) is 0 Å². The Bertz CT molecular complexity index is 941. The number of hydrogen-bond acceptors (Lipinski definition) is 5. The molecule has 0 radical (unpaired) electrons. The van der Waals surface area contributed by atoms with Crippen molar-refractivity contribution in [2.24, 2.45) is 0 Å². The number of ether oxygens (including phenoxy) is 2. The molecule has 0 bridgehead atoms. The second kappa shape index (κ2) is 7.00. The first-order valence-corrected chi connectivity index (χ1v) is 8.51. The van der Waals surface area contributed by atoms with Crippen LogP contribution in [0.3, 0.4) is 0 Å². The number of benzene rings is 1. The third-order valence-electron chi connectivity index (χ3n) is 4.51. The van der Waals surface area contributed by atoms with Crippen molar-refractivity contribution >= 4 is 16.9 Å². The summed E-state index contributed by atoms with van der Waals surface area (Å²) in [6, 6.07) is 13.2. The van der Waals surface area contributed by atoms with Gasteiger partial charge in [0.2, 0.25) is 0 Å². The fourth-order valence-corrected chi connectivity index (χ4v) is 3.09. The van der Waals surface area contributed by atoms with Crippen LogP contribution < -0.4 is 9.47 Å². The molecule has 6 heteroatoms. The van der Waals surface area contributed by atoms with Gasteiger partial charge >= 0.3 is 0 Å². The number of nitrogens with zero attached hydrogens (tertiary/aromatic N) is 3. The summed E-state index contributed by atoms with van der Waals surface area (Å²) in [4.78, 5) is 23.3. The van der Waals surface area contributed by atoms with Crippen LogP contribution in [0, 0.1) is 0 Å². The van der Waals surface area contributed by atoms with E-state index in [9.17, 15) is 4.79 Å². The van der Waals surface area contributed by atoms with Crippen molar-refractivity contribution in [3.63, 3.8) is 0 Å². The average Bonchev–Trinajstić information content (AvgIpc) is 2.70. The van der Waals surface area contributed by atoms with Crippen LogP contribution in [0.1, 0.15) is 11.3 Å². The number of pyridine rings is 2. The molecular formula is C20H19N3O3. The number of fused-ring (bicyclic) bond motifs is 2. The molecule has 0 spiro atoms. The SMILES string of the molecule is COc1ccc(OCC(=O)N2CCc3nc4ncccc4cc3C2)cc1. The summed E-state index contributed by atoms with van der Waals surface area (Å²) in [5.41, 5.74) is 2.86. The summed E-state index contributed by atoms with van der Waals surface area (Å²) < 4.78 is 10.7. The van der Waals surface area contributed by atoms with Gasteiger partial charge in [-0.1, -0.05) is 0 Å². The molecule has 0 saturated heterocycles. The van der Waals surface area contributed by atoms with Gasteiger partial charge in [0.1, 0.15) is 11.5 Å². The van der Waals surface area contributed by atoms with E-state index >= 15 is 0 Å². The van der Waals surface area contributed by atoms with Crippen LogP contribution in [0.2, 0.25) is 0 Å². The minimum Gasteiger partial charge on any atom is -0.497 e. The zero-order valence-electron chi connectivity index (χ0n) is 14.5. The van der Waals surface area contributed by atoms with Crippen LogP contribution in [0.4, 0.5) is 0 Å². The van der Waals surface area contributed by atoms with E-state index in [1.54, 1.807) is 25.4 Å². The maximum Gasteiger partial charge on any atom is 0.260 e. The molecule has 3 aromatic rings. The van der Waals surface area contributed by atoms with E-state index in [4.69, 9.17) is 9.47 Å². The van der Waals surface area contributed by atoms with E-state index in [1.807, 2.05) is 29.2 Å². The van der Waals surface area contributed by atoms with E-state index in [2.05, 4.69) is 16.0 Å². The molecule has 1 aromatic carbocycles. The summed E-state index contributed by atoms with van der Waals surface area (Å²) in [5.74, 6) is 1.37. The highest BCUT2D eigenvalue weighted by molar-refractivity contribution is 5.79. The number of carbonyl (C=O) groups excluding carboxylic acids is 1. The number of rotatable bonds is 4. The summed E-state index contributed by atoms with van der Waals surface area (Å²) in [6.45, 7) is 1.21. The van der Waals surface area contributed by atoms with Crippen LogP contribution in [-0.4, -0.2) is 41.0 Å². The van der Waals surface area contributed by atoms with Crippen molar-refractivity contribution in [1.29, 1.82) is 0 Å². The van der Waals surface area contributed by atoms with Crippen molar-refractivity contribution < 1.29 is 14.3 Å². The first kappa shape index (κ1) is 16.3. The quantitative estimate of drug-likeness (QED) is 0.724. The Labute approximate surface area is 151 Å². The monoisotopic (exact) mass is 349 g/mol. The Morgan fingerprint density at radius 1 is 1.19 bits per heavy atom. The third kappa shape index (κ3) is 3.31. The molecular weight excluding hydrogens is 330 g/mol. The predicted octanol–water partition coefficient (Wildman–Crippen LogP) is 2.60. The molecule has 0 aliphatic carbocycles. The molecule has 1 aliphatic rings. The van der Waals surface area contributed by atoms with Gasteiger partial charge in [-0.3, -0.25) is 4.79 Å². The Kier molecular flexibility index (Phi) is 4.39. The average molecular weight is 349 g/mol. The first-order valence-electron chi connectivity index (χ1n) is 8.51. The van der Waals surface area contributed by atoms with Crippen LogP contribution in [0.15, 0.2) is 48.7 Å². The fourth-order valence-electron chi connectivity index (χ4n) is 3.09. The Balaban J connectivity index is 1.42. The van der Waals surface area contributed by atoms with E-state index < -0.39 is 0 Å². The summed E-state index contributed by atoms with van der Waals surface area (Å²) in [5, 5.41) is 0.995. The van der Waals surface area contributed by atoms with Gasteiger partial charge in [0.05, 0.1) is 7.11 Å². The predicted molar refractivity (Wildman–Crippen MR) is 97.1 cm³/mol. The lowest BCUT2D eigenvalue weighted by Gasteiger charge is -2.28. The van der Waals surface area contributed by atoms with Crippen molar-refractivity contribution in [2.45, 2.75) is 13.0 Å². The maximum atomic E-state index is 12.5. The lowest BCUT2D eigenvalue weighted by Crippen LogP contribution is -2.39. The molecule has 1 amide bonds. The minimum atomic E-state index is -0.0299. The van der Waals surface area contributed by atoms with E-state index in [0.717, 1.165) is 34.5 Å². The first-order chi connectivity index (χ1) is 12.7. The second-order valence-corrected chi connectivity index (χ2v) is 6.17. The van der Waals surface area contributed by atoms with Gasteiger partial charge in [0.25, 0.3) is 5.91 Å². The number of amides is 1. The minimum absolute atomic E-state index is 0.0181. The van der Waals surface area contributed by atoms with Crippen molar-refractivity contribution in [3.8, 4) is 11.5 Å². The number of hydrogen-bond donors (Lipinski definition) is 0. The normalized spacial score (nSPS) is 13.3. The number of methoxy groups -OCH3 is 1. The van der Waals surface area contributed by atoms with E-state index in [0.29, 0.717) is 18.8 Å². The molecule has 0 atom stereocenters. The smallest absolute Gasteiger partial charge is 0.260 e. The molecule has 132 valence electrons. The molecule has 0 unspecified atom stereocenters. The highest BCUT2D eigenvalue weighted by Gasteiger charge is 2.22. The van der Waals surface area contributed by atoms with Crippen LogP contribution in [0.25, 0.3) is 11.0 Å². The van der Waals surface area contributed by atoms with Gasteiger partial charge < -0.3 is 14.4 Å². The van der Waals surface area contributed by atoms with Crippen LogP contribution >= 0.6 is 0 Å². The van der Waals surface area contributed by atoms with Crippen molar-refractivity contribution in [2.75, 3.05) is 20.3 Å². The van der Waals surface area contributed by atoms with Crippen molar-refractivity contribution in [1.82, 2.24) is 14.9 Å². The Hall–Kier alpha value is -3.15. The molecule has 0 N–H and O–H groups in total. The van der Waals surface area contributed by atoms with Gasteiger partial charge in [0, 0.05) is 36.8 Å². The number of aromatic nitrogens is 2. The third-order valence-corrected chi connectivity index (χ3v) is 4.51. The molecule has 4 rings (SSSR count). The fraction of sp³-hybridized carbons (Fsp3) is 0.250. The Morgan fingerprint density at radius 3 is 2.81 bits per heavy atom. The van der Waals surface area contributed by atoms with Gasteiger partial charge in [-0.15, -0.1) is 0 Å². The summed E-state index contributed by atoms with van der Waals surface area (Å²) >= 11 is 0. The molecule has 2 aromatic heterocycles. The molecule has 3 heterocycles. The molecule has 1 aliphatic heterocycles. The summed E-state index contributed by atoms with van der Waals surface area (Å²) in [6.07, 6.45) is 2.48. The second-order valence-electron chi connectivity index (χ2n) is 6.17. The molecule has 6 nitrogen and oxygen atoms in total. The van der Waals surface area contributed by atoms with Gasteiger partial charge in [-0.2, -0.15) is 0 Å². The highest BCUT2D eigenvalue weighted by atomic mass is 16.5. The highest BCUT2D eigenvalue weighted by Crippen LogP contribution is 2.22. The van der Waals surface area contributed by atoms with Crippen LogP contribution in [-0.2, 0) is 17.8 Å². The van der Waals surface area contributed by atoms with Crippen molar-refractivity contribution in [3.05, 3.63) is 59.9 Å². The van der Waals surface area contributed by atoms with Gasteiger partial charge in [0.15, 0.2) is 12.3 Å². The van der Waals surface area contributed by atoms with Gasteiger partial charge in [-0.05, 0) is 48.0 Å². The number of carbonyl (C=O) groups is 1. The van der Waals surface area contributed by atoms with E-state index in [-0.39, 0.29) is 12.5 Å². The molecule has 26 heavy (non-hydrogen) atoms. The lowest BCUT2D eigenvalue weighted by atomic mass is 10.0. The summed E-state index contributed by atoms with van der Waals surface area (Å²) in [7, 11) is 1.61. The Morgan fingerprint density at radius 2 is 2.00 bits per heavy atom. The van der Waals surface area contributed by atoms with Crippen LogP contribution in [0.5, 0.6) is 11.5 Å². The lowest BCUT2D eigenvalue weighted by molar-refractivity contribution is -0.134. The zero-order valence-corrected chi connectivity index (χ0v) is 14.5. The molecule has 0 fully saturated rings. The molecule has 0 saturated carbocycles.